The number of nitrogens with zero attached hydrogens (tertiary/aromatic N) is 1. The van der Waals surface area contributed by atoms with Gasteiger partial charge >= 0.3 is 11.9 Å². The highest BCUT2D eigenvalue weighted by molar-refractivity contribution is 6.27. The van der Waals surface area contributed by atoms with Crippen molar-refractivity contribution < 1.29 is 28.9 Å². The Morgan fingerprint density at radius 2 is 1.82 bits per heavy atom. The highest BCUT2D eigenvalue weighted by Crippen LogP contribution is 2.45. The average molecular weight is 386 g/mol. The molecule has 2 aromatic rings. The van der Waals surface area contributed by atoms with Gasteiger partial charge in [-0.25, -0.2) is 14.0 Å². The summed E-state index contributed by atoms with van der Waals surface area (Å²) in [6.45, 7) is 1.02. The van der Waals surface area contributed by atoms with Gasteiger partial charge in [-0.15, -0.1) is 0 Å². The fourth-order valence-corrected chi connectivity index (χ4v) is 3.12. The Kier molecular flexibility index (Phi) is 6.82. The van der Waals surface area contributed by atoms with E-state index in [0.29, 0.717) is 18.7 Å². The van der Waals surface area contributed by atoms with E-state index < -0.39 is 17.5 Å². The lowest BCUT2D eigenvalue weighted by atomic mass is 9.81. The third kappa shape index (κ3) is 4.52. The number of nitrogens with two attached hydrogens (primary N) is 1. The van der Waals surface area contributed by atoms with Crippen LogP contribution >= 0.6 is 0 Å². The lowest BCUT2D eigenvalue weighted by Crippen LogP contribution is -2.28. The zero-order valence-electron chi connectivity index (χ0n) is 14.9. The molecule has 0 aliphatic carbocycles. The van der Waals surface area contributed by atoms with E-state index in [4.69, 9.17) is 35.5 Å². The molecule has 28 heavy (non-hydrogen) atoms. The molecule has 0 spiro atoms. The second-order valence-corrected chi connectivity index (χ2v) is 6.11. The van der Waals surface area contributed by atoms with Crippen molar-refractivity contribution in [3.05, 3.63) is 70.5 Å². The molecule has 1 atom stereocenters. The number of carboxylic acids is 2. The van der Waals surface area contributed by atoms with E-state index >= 15 is 0 Å². The maximum absolute atomic E-state index is 13.2. The predicted molar refractivity (Wildman–Crippen MR) is 96.7 cm³/mol. The van der Waals surface area contributed by atoms with Gasteiger partial charge in [0.15, 0.2) is 0 Å². The fourth-order valence-electron chi connectivity index (χ4n) is 3.12. The minimum atomic E-state index is -1.82. The van der Waals surface area contributed by atoms with Crippen molar-refractivity contribution in [1.82, 2.24) is 0 Å². The summed E-state index contributed by atoms with van der Waals surface area (Å²) >= 11 is 0. The molecule has 3 rings (SSSR count). The van der Waals surface area contributed by atoms with Crippen LogP contribution < -0.4 is 5.73 Å². The molecule has 1 aliphatic heterocycles. The first-order valence-corrected chi connectivity index (χ1v) is 8.44. The van der Waals surface area contributed by atoms with Crippen LogP contribution in [-0.2, 0) is 26.5 Å². The summed E-state index contributed by atoms with van der Waals surface area (Å²) in [5.41, 5.74) is 8.68. The number of ether oxygens (including phenoxy) is 1. The number of carboxylic acid groups (broad SMARTS) is 2. The van der Waals surface area contributed by atoms with Gasteiger partial charge in [0.05, 0.1) is 18.2 Å². The van der Waals surface area contributed by atoms with E-state index in [2.05, 4.69) is 6.07 Å². The summed E-state index contributed by atoms with van der Waals surface area (Å²) in [6.07, 6.45) is 1.53. The molecule has 146 valence electrons. The topological polar surface area (TPSA) is 134 Å². The number of fused-ring (bicyclic) bond motifs is 1. The number of rotatable bonds is 4. The van der Waals surface area contributed by atoms with Gasteiger partial charge in [0.1, 0.15) is 11.4 Å². The average Bonchev–Trinajstić information content (AvgIpc) is 3.06. The van der Waals surface area contributed by atoms with Gasteiger partial charge in [-0.2, -0.15) is 5.26 Å². The predicted octanol–water partition coefficient (Wildman–Crippen LogP) is 2.37. The third-order valence-electron chi connectivity index (χ3n) is 4.37. The van der Waals surface area contributed by atoms with Gasteiger partial charge in [-0.05, 0) is 60.3 Å². The summed E-state index contributed by atoms with van der Waals surface area (Å²) in [5, 5.41) is 23.8. The number of hydrogen-bond acceptors (Lipinski definition) is 5. The molecular formula is C20H19FN2O5. The van der Waals surface area contributed by atoms with Crippen molar-refractivity contribution in [3.63, 3.8) is 0 Å². The Balaban J connectivity index is 0.000000409. The highest BCUT2D eigenvalue weighted by atomic mass is 19.1. The fraction of sp³-hybridized carbons (Fsp3) is 0.250. The largest absolute Gasteiger partial charge is 0.473 e. The molecule has 0 bridgehead atoms. The normalized spacial score (nSPS) is 17.0. The molecule has 1 aliphatic rings. The van der Waals surface area contributed by atoms with Crippen LogP contribution in [-0.4, -0.2) is 28.7 Å². The molecule has 1 heterocycles. The molecular weight excluding hydrogens is 367 g/mol. The molecule has 0 fully saturated rings. The highest BCUT2D eigenvalue weighted by Gasteiger charge is 2.41. The maximum Gasteiger partial charge on any atom is 0.414 e. The van der Waals surface area contributed by atoms with Crippen LogP contribution in [0, 0.1) is 17.1 Å². The zero-order valence-corrected chi connectivity index (χ0v) is 14.9. The van der Waals surface area contributed by atoms with Gasteiger partial charge in [-0.3, -0.25) is 0 Å². The van der Waals surface area contributed by atoms with Crippen molar-refractivity contribution in [2.24, 2.45) is 5.73 Å². The van der Waals surface area contributed by atoms with Crippen LogP contribution in [0.5, 0.6) is 0 Å². The van der Waals surface area contributed by atoms with Crippen molar-refractivity contribution in [1.29, 1.82) is 5.26 Å². The lowest BCUT2D eigenvalue weighted by Gasteiger charge is -2.30. The number of carbonyl (C=O) groups is 2. The summed E-state index contributed by atoms with van der Waals surface area (Å²) in [6, 6.07) is 14.2. The summed E-state index contributed by atoms with van der Waals surface area (Å²) < 4.78 is 19.4. The number of hydrogen-bond donors (Lipinski definition) is 3. The van der Waals surface area contributed by atoms with Crippen LogP contribution in [0.25, 0.3) is 0 Å². The van der Waals surface area contributed by atoms with Gasteiger partial charge in [0.25, 0.3) is 0 Å². The molecule has 0 unspecified atom stereocenters. The smallest absolute Gasteiger partial charge is 0.414 e. The number of aliphatic carboxylic acids is 2. The van der Waals surface area contributed by atoms with Gasteiger partial charge in [-0.1, -0.05) is 18.2 Å². The Morgan fingerprint density at radius 1 is 1.18 bits per heavy atom. The molecule has 0 amide bonds. The first-order valence-electron chi connectivity index (χ1n) is 8.44. The molecule has 0 aromatic heterocycles. The Labute approximate surface area is 160 Å². The third-order valence-corrected chi connectivity index (χ3v) is 4.37. The van der Waals surface area contributed by atoms with Crippen molar-refractivity contribution in [3.8, 4) is 6.07 Å². The second kappa shape index (κ2) is 9.08. The molecule has 7 nitrogen and oxygen atoms in total. The van der Waals surface area contributed by atoms with E-state index in [9.17, 15) is 4.39 Å². The summed E-state index contributed by atoms with van der Waals surface area (Å²) in [7, 11) is 0. The quantitative estimate of drug-likeness (QED) is 0.687. The second-order valence-electron chi connectivity index (χ2n) is 6.11. The van der Waals surface area contributed by atoms with Gasteiger partial charge in [0, 0.05) is 0 Å². The molecule has 0 saturated carbocycles. The van der Waals surface area contributed by atoms with Crippen LogP contribution in [0.2, 0.25) is 0 Å². The minimum absolute atomic E-state index is 0.268. The molecule has 8 heteroatoms. The van der Waals surface area contributed by atoms with Crippen LogP contribution in [0.3, 0.4) is 0 Å². The Morgan fingerprint density at radius 3 is 2.36 bits per heavy atom. The van der Waals surface area contributed by atoms with Gasteiger partial charge in [0.2, 0.25) is 0 Å². The zero-order chi connectivity index (χ0) is 20.7. The van der Waals surface area contributed by atoms with Crippen LogP contribution in [0.1, 0.15) is 35.1 Å². The Hall–Kier alpha value is -3.28. The van der Waals surface area contributed by atoms with Crippen molar-refractivity contribution in [2.45, 2.75) is 25.0 Å². The van der Waals surface area contributed by atoms with E-state index in [0.717, 1.165) is 29.5 Å². The van der Waals surface area contributed by atoms with Crippen LogP contribution in [0.4, 0.5) is 4.39 Å². The van der Waals surface area contributed by atoms with Crippen molar-refractivity contribution in [2.75, 3.05) is 6.54 Å². The first kappa shape index (κ1) is 21.0. The summed E-state index contributed by atoms with van der Waals surface area (Å²) in [5.74, 6) is -3.92. The first-order chi connectivity index (χ1) is 13.3. The molecule has 2 aromatic carbocycles. The minimum Gasteiger partial charge on any atom is -0.473 e. The van der Waals surface area contributed by atoms with Gasteiger partial charge < -0.3 is 20.7 Å². The number of halogens is 1. The maximum atomic E-state index is 13.2. The molecule has 0 saturated heterocycles. The van der Waals surface area contributed by atoms with E-state index in [1.54, 1.807) is 18.2 Å². The standard InChI is InChI=1S/C18H17FN2O.C2H2O4/c19-16-5-3-15(4-6-16)18(8-1-9-20)17-7-2-13(11-21)10-14(17)12-22-18;3-1(4)2(5)6/h2-7,10H,1,8-9,12,20H2;(H,3,4)(H,5,6)/t18-;/m1./s1. The van der Waals surface area contributed by atoms with Crippen molar-refractivity contribution >= 4 is 11.9 Å². The lowest BCUT2D eigenvalue weighted by molar-refractivity contribution is -0.159. The van der Waals surface area contributed by atoms with Crippen LogP contribution in [0.15, 0.2) is 42.5 Å². The Bertz CT molecular complexity index is 896. The van der Waals surface area contributed by atoms with E-state index in [1.807, 2.05) is 12.1 Å². The van der Waals surface area contributed by atoms with E-state index in [1.165, 1.54) is 12.1 Å². The van der Waals surface area contributed by atoms with E-state index in [-0.39, 0.29) is 5.82 Å². The SMILES string of the molecule is N#Cc1ccc2c(c1)CO[C@]2(CCCN)c1ccc(F)cc1.O=C(O)C(=O)O. The number of benzene rings is 2. The number of nitriles is 1. The molecule has 0 radical (unpaired) electrons. The molecule has 4 N–H and O–H groups in total. The summed E-state index contributed by atoms with van der Waals surface area (Å²) in [4.78, 5) is 18.2. The monoisotopic (exact) mass is 386 g/mol.